The zero-order chi connectivity index (χ0) is 10.3. The molecule has 1 saturated heterocycles. The lowest BCUT2D eigenvalue weighted by molar-refractivity contribution is -0.174. The van der Waals surface area contributed by atoms with Crippen LogP contribution in [0.3, 0.4) is 0 Å². The van der Waals surface area contributed by atoms with Crippen LogP contribution >= 0.6 is 0 Å². The summed E-state index contributed by atoms with van der Waals surface area (Å²) in [5, 5.41) is 9.70. The van der Waals surface area contributed by atoms with Crippen molar-refractivity contribution < 1.29 is 19.4 Å². The highest BCUT2D eigenvalue weighted by Crippen LogP contribution is 2.36. The lowest BCUT2D eigenvalue weighted by atomic mass is 9.72. The zero-order valence-electron chi connectivity index (χ0n) is 8.10. The van der Waals surface area contributed by atoms with Crippen molar-refractivity contribution in [1.29, 1.82) is 0 Å². The van der Waals surface area contributed by atoms with Gasteiger partial charge in [-0.1, -0.05) is 0 Å². The summed E-state index contributed by atoms with van der Waals surface area (Å²) >= 11 is 0. The number of esters is 1. The second kappa shape index (κ2) is 3.35. The summed E-state index contributed by atoms with van der Waals surface area (Å²) in [6.07, 6.45) is 0.687. The molecule has 0 amide bonds. The van der Waals surface area contributed by atoms with Gasteiger partial charge < -0.3 is 9.84 Å². The van der Waals surface area contributed by atoms with E-state index in [1.807, 2.05) is 0 Å². The van der Waals surface area contributed by atoms with E-state index in [0.29, 0.717) is 19.3 Å². The highest BCUT2D eigenvalue weighted by atomic mass is 16.5. The molecule has 0 aromatic heterocycles. The van der Waals surface area contributed by atoms with Gasteiger partial charge in [-0.05, 0) is 19.8 Å². The molecule has 0 aromatic rings. The van der Waals surface area contributed by atoms with Gasteiger partial charge in [-0.15, -0.1) is 0 Å². The lowest BCUT2D eigenvalue weighted by Gasteiger charge is -2.38. The monoisotopic (exact) mass is 198 g/mol. The number of ether oxygens (including phenoxy) is 1. The molecule has 4 nitrogen and oxygen atoms in total. The molecule has 4 heteroatoms. The smallest absolute Gasteiger partial charge is 0.317 e. The normalized spacial score (nSPS) is 43.0. The number of carbonyl (C=O) groups is 2. The third-order valence-corrected chi connectivity index (χ3v) is 3.13. The predicted octanol–water partition coefficient (Wildman–Crippen LogP) is 0.278. The van der Waals surface area contributed by atoms with Crippen LogP contribution in [0, 0.1) is 11.8 Å². The van der Waals surface area contributed by atoms with Crippen LogP contribution in [0.2, 0.25) is 0 Å². The topological polar surface area (TPSA) is 63.6 Å². The molecule has 0 aromatic carbocycles. The summed E-state index contributed by atoms with van der Waals surface area (Å²) in [6.45, 7) is 1.79. The van der Waals surface area contributed by atoms with Gasteiger partial charge in [0.05, 0.1) is 12.2 Å². The number of aliphatic hydroxyl groups is 1. The van der Waals surface area contributed by atoms with Gasteiger partial charge in [0.25, 0.3) is 0 Å². The van der Waals surface area contributed by atoms with Crippen molar-refractivity contribution in [2.75, 3.05) is 0 Å². The van der Waals surface area contributed by atoms with E-state index >= 15 is 0 Å². The molecule has 4 atom stereocenters. The Kier molecular flexibility index (Phi) is 2.31. The largest absolute Gasteiger partial charge is 0.462 e. The molecule has 1 N–H and O–H groups in total. The first-order chi connectivity index (χ1) is 6.59. The number of Topliss-reactive ketones (excluding diaryl/α,β-unsaturated/α-hetero) is 1. The summed E-state index contributed by atoms with van der Waals surface area (Å²) in [5.41, 5.74) is 0. The fourth-order valence-electron chi connectivity index (χ4n) is 2.42. The Morgan fingerprint density at radius 3 is 2.86 bits per heavy atom. The van der Waals surface area contributed by atoms with E-state index in [2.05, 4.69) is 0 Å². The number of hydrogen-bond acceptors (Lipinski definition) is 4. The van der Waals surface area contributed by atoms with Crippen molar-refractivity contribution in [1.82, 2.24) is 0 Å². The van der Waals surface area contributed by atoms with Crippen molar-refractivity contribution in [3.05, 3.63) is 0 Å². The lowest BCUT2D eigenvalue weighted by Crippen LogP contribution is -2.49. The van der Waals surface area contributed by atoms with Crippen molar-refractivity contribution in [3.63, 3.8) is 0 Å². The van der Waals surface area contributed by atoms with Gasteiger partial charge in [-0.25, -0.2) is 0 Å². The quantitative estimate of drug-likeness (QED) is 0.448. The zero-order valence-corrected chi connectivity index (χ0v) is 8.10. The maximum atomic E-state index is 11.5. The van der Waals surface area contributed by atoms with Gasteiger partial charge >= 0.3 is 5.97 Å². The van der Waals surface area contributed by atoms with Crippen LogP contribution in [0.5, 0.6) is 0 Å². The van der Waals surface area contributed by atoms with E-state index in [9.17, 15) is 14.7 Å². The van der Waals surface area contributed by atoms with Gasteiger partial charge in [0.2, 0.25) is 0 Å². The summed E-state index contributed by atoms with van der Waals surface area (Å²) in [7, 11) is 0. The fourth-order valence-corrected chi connectivity index (χ4v) is 2.42. The number of aliphatic hydroxyl groups excluding tert-OH is 1. The molecule has 2 aliphatic rings. The Bertz CT molecular complexity index is 273. The van der Waals surface area contributed by atoms with Crippen molar-refractivity contribution >= 4 is 11.8 Å². The molecule has 1 aliphatic carbocycles. The second-order valence-electron chi connectivity index (χ2n) is 4.20. The Morgan fingerprint density at radius 1 is 1.43 bits per heavy atom. The molecular weight excluding hydrogens is 184 g/mol. The minimum absolute atomic E-state index is 0.0720. The number of fused-ring (bicyclic) bond motifs is 1. The van der Waals surface area contributed by atoms with Crippen molar-refractivity contribution in [2.45, 2.75) is 38.4 Å². The molecule has 2 fully saturated rings. The molecule has 1 saturated carbocycles. The van der Waals surface area contributed by atoms with Gasteiger partial charge in [0, 0.05) is 12.3 Å². The van der Waals surface area contributed by atoms with Gasteiger partial charge in [-0.2, -0.15) is 0 Å². The minimum Gasteiger partial charge on any atom is -0.462 e. The van der Waals surface area contributed by atoms with Gasteiger partial charge in [0.1, 0.15) is 11.7 Å². The molecule has 0 unspecified atom stereocenters. The number of cyclic esters (lactones) is 1. The average molecular weight is 198 g/mol. The predicted molar refractivity (Wildman–Crippen MR) is 47.4 cm³/mol. The summed E-state index contributed by atoms with van der Waals surface area (Å²) in [6, 6.07) is 0. The maximum Gasteiger partial charge on any atom is 0.317 e. The Morgan fingerprint density at radius 2 is 2.14 bits per heavy atom. The molecule has 2 rings (SSSR count). The molecule has 1 aliphatic heterocycles. The first-order valence-electron chi connectivity index (χ1n) is 5.01. The van der Waals surface area contributed by atoms with Crippen molar-refractivity contribution in [3.8, 4) is 0 Å². The third-order valence-electron chi connectivity index (χ3n) is 3.13. The summed E-state index contributed by atoms with van der Waals surface area (Å²) in [5.74, 6) is -1.43. The van der Waals surface area contributed by atoms with Crippen LogP contribution in [0.1, 0.15) is 26.2 Å². The van der Waals surface area contributed by atoms with Crippen LogP contribution in [0.25, 0.3) is 0 Å². The minimum atomic E-state index is -0.699. The molecule has 0 bridgehead atoms. The van der Waals surface area contributed by atoms with E-state index in [4.69, 9.17) is 4.74 Å². The molecule has 14 heavy (non-hydrogen) atoms. The van der Waals surface area contributed by atoms with Crippen LogP contribution < -0.4 is 0 Å². The van der Waals surface area contributed by atoms with Crippen molar-refractivity contribution in [2.24, 2.45) is 11.8 Å². The first-order valence-corrected chi connectivity index (χ1v) is 5.01. The highest BCUT2D eigenvalue weighted by molar-refractivity contribution is 6.00. The number of carbonyl (C=O) groups excluding carboxylic acids is 2. The van der Waals surface area contributed by atoms with Gasteiger partial charge in [0.15, 0.2) is 0 Å². The molecule has 0 spiro atoms. The maximum absolute atomic E-state index is 11.5. The molecule has 0 radical (unpaired) electrons. The van der Waals surface area contributed by atoms with Crippen LogP contribution in [0.4, 0.5) is 0 Å². The van der Waals surface area contributed by atoms with E-state index in [0.717, 1.165) is 0 Å². The van der Waals surface area contributed by atoms with E-state index < -0.39 is 18.0 Å². The van der Waals surface area contributed by atoms with Crippen LogP contribution in [0.15, 0.2) is 0 Å². The number of ketones is 1. The number of hydrogen-bond donors (Lipinski definition) is 1. The van der Waals surface area contributed by atoms with E-state index in [-0.39, 0.29) is 17.8 Å². The Hall–Kier alpha value is -0.900. The number of rotatable bonds is 0. The van der Waals surface area contributed by atoms with Gasteiger partial charge in [-0.3, -0.25) is 9.59 Å². The van der Waals surface area contributed by atoms with E-state index in [1.165, 1.54) is 0 Å². The average Bonchev–Trinajstić information content (AvgIpc) is 2.10. The third kappa shape index (κ3) is 1.43. The Balaban J connectivity index is 2.23. The fraction of sp³-hybridized carbons (Fsp3) is 0.800. The molecule has 78 valence electrons. The summed E-state index contributed by atoms with van der Waals surface area (Å²) < 4.78 is 5.00. The second-order valence-corrected chi connectivity index (χ2v) is 4.20. The SMILES string of the molecule is C[C@H]1C[C@H]2[C@@H](C(=O)CC[C@H]2O)C(=O)O1. The summed E-state index contributed by atoms with van der Waals surface area (Å²) in [4.78, 5) is 22.9. The van der Waals surface area contributed by atoms with Crippen LogP contribution in [-0.4, -0.2) is 29.1 Å². The molecular formula is C10H14O4. The van der Waals surface area contributed by atoms with Crippen LogP contribution in [-0.2, 0) is 14.3 Å². The Labute approximate surface area is 82.2 Å². The standard InChI is InChI=1S/C10H14O4/c1-5-4-6-7(11)2-3-8(12)9(6)10(13)14-5/h5-7,9,11H,2-4H2,1H3/t5-,6+,7+,9-/m0/s1. The van der Waals surface area contributed by atoms with E-state index in [1.54, 1.807) is 6.92 Å². The highest BCUT2D eigenvalue weighted by Gasteiger charge is 2.47. The first kappa shape index (κ1) is 9.65. The molecule has 1 heterocycles.